The monoisotopic (exact) mass is 256 g/mol. The Balaban J connectivity index is 1.87. The molecule has 1 heterocycles. The van der Waals surface area contributed by atoms with Crippen molar-refractivity contribution in [3.05, 3.63) is 35.9 Å². The number of rotatable bonds is 3. The minimum Gasteiger partial charge on any atom is -0.388 e. The smallest absolute Gasteiger partial charge is 0.132 e. The summed E-state index contributed by atoms with van der Waals surface area (Å²) >= 11 is 1.42. The van der Waals surface area contributed by atoms with Crippen molar-refractivity contribution in [3.63, 3.8) is 0 Å². The van der Waals surface area contributed by atoms with E-state index < -0.39 is 23.7 Å². The van der Waals surface area contributed by atoms with E-state index >= 15 is 0 Å². The summed E-state index contributed by atoms with van der Waals surface area (Å²) in [6.07, 6.45) is -3.18. The Kier molecular flexibility index (Phi) is 4.42. The van der Waals surface area contributed by atoms with Crippen LogP contribution in [-0.4, -0.2) is 45.7 Å². The van der Waals surface area contributed by atoms with Gasteiger partial charge < -0.3 is 20.1 Å². The maximum Gasteiger partial charge on any atom is 0.132 e. The minimum atomic E-state index is -1.13. The van der Waals surface area contributed by atoms with Gasteiger partial charge >= 0.3 is 0 Å². The molecule has 1 aromatic carbocycles. The first-order valence-corrected chi connectivity index (χ1v) is 6.54. The molecule has 0 spiro atoms. The zero-order valence-electron chi connectivity index (χ0n) is 9.27. The van der Waals surface area contributed by atoms with E-state index in [9.17, 15) is 15.3 Å². The van der Waals surface area contributed by atoms with Crippen LogP contribution in [0.15, 0.2) is 30.3 Å². The third kappa shape index (κ3) is 3.20. The quantitative estimate of drug-likeness (QED) is 0.728. The third-order valence-electron chi connectivity index (χ3n) is 2.71. The fraction of sp³-hybridized carbons (Fsp3) is 0.500. The van der Waals surface area contributed by atoms with E-state index in [1.165, 1.54) is 11.8 Å². The first-order valence-electron chi connectivity index (χ1n) is 5.50. The van der Waals surface area contributed by atoms with Gasteiger partial charge in [0.25, 0.3) is 0 Å². The van der Waals surface area contributed by atoms with Crippen LogP contribution in [0.2, 0.25) is 0 Å². The summed E-state index contributed by atoms with van der Waals surface area (Å²) in [5.74, 6) is 0.700. The SMILES string of the molecule is O[C@@H]1[C@@H](O)[C@H](SCc2ccccc2)OC[C@H]1O. The topological polar surface area (TPSA) is 69.9 Å². The van der Waals surface area contributed by atoms with Gasteiger partial charge in [-0.2, -0.15) is 0 Å². The van der Waals surface area contributed by atoms with Gasteiger partial charge in [-0.05, 0) is 5.56 Å². The predicted molar refractivity (Wildman–Crippen MR) is 65.5 cm³/mol. The average molecular weight is 256 g/mol. The van der Waals surface area contributed by atoms with Crippen molar-refractivity contribution in [3.8, 4) is 0 Å². The summed E-state index contributed by atoms with van der Waals surface area (Å²) in [5.41, 5.74) is 0.641. The first-order chi connectivity index (χ1) is 8.18. The Morgan fingerprint density at radius 2 is 1.82 bits per heavy atom. The lowest BCUT2D eigenvalue weighted by atomic mass is 10.1. The molecule has 3 N–H and O–H groups in total. The van der Waals surface area contributed by atoms with Gasteiger partial charge in [0.1, 0.15) is 23.7 Å². The number of benzene rings is 1. The fourth-order valence-corrected chi connectivity index (χ4v) is 2.76. The summed E-state index contributed by atoms with van der Waals surface area (Å²) in [6, 6.07) is 9.83. The molecule has 0 unspecified atom stereocenters. The summed E-state index contributed by atoms with van der Waals surface area (Å²) in [7, 11) is 0. The van der Waals surface area contributed by atoms with Gasteiger partial charge in [-0.1, -0.05) is 30.3 Å². The number of aliphatic hydroxyl groups is 3. The molecule has 0 aliphatic carbocycles. The van der Waals surface area contributed by atoms with Crippen LogP contribution in [-0.2, 0) is 10.5 Å². The van der Waals surface area contributed by atoms with Gasteiger partial charge in [0, 0.05) is 5.75 Å². The molecule has 17 heavy (non-hydrogen) atoms. The van der Waals surface area contributed by atoms with Gasteiger partial charge in [-0.25, -0.2) is 0 Å². The third-order valence-corrected chi connectivity index (χ3v) is 3.95. The fourth-order valence-electron chi connectivity index (χ4n) is 1.68. The summed E-state index contributed by atoms with van der Waals surface area (Å²) in [4.78, 5) is 0. The largest absolute Gasteiger partial charge is 0.388 e. The van der Waals surface area contributed by atoms with E-state index in [4.69, 9.17) is 4.74 Å². The molecule has 0 aromatic heterocycles. The molecular weight excluding hydrogens is 240 g/mol. The molecule has 1 aliphatic heterocycles. The molecule has 4 atom stereocenters. The van der Waals surface area contributed by atoms with Crippen LogP contribution >= 0.6 is 11.8 Å². The molecule has 1 aromatic rings. The highest BCUT2D eigenvalue weighted by Gasteiger charge is 2.37. The van der Waals surface area contributed by atoms with Crippen molar-refractivity contribution < 1.29 is 20.1 Å². The second-order valence-corrected chi connectivity index (χ2v) is 5.13. The molecule has 0 bridgehead atoms. The van der Waals surface area contributed by atoms with Gasteiger partial charge in [-0.3, -0.25) is 0 Å². The number of thioether (sulfide) groups is 1. The van der Waals surface area contributed by atoms with Gasteiger partial charge in [0.15, 0.2) is 0 Å². The Labute approximate surface area is 104 Å². The zero-order valence-corrected chi connectivity index (χ0v) is 10.1. The Morgan fingerprint density at radius 1 is 1.12 bits per heavy atom. The molecule has 2 rings (SSSR count). The van der Waals surface area contributed by atoms with Crippen LogP contribution < -0.4 is 0 Å². The van der Waals surface area contributed by atoms with Crippen molar-refractivity contribution >= 4 is 11.8 Å². The zero-order chi connectivity index (χ0) is 12.3. The van der Waals surface area contributed by atoms with Crippen molar-refractivity contribution in [2.75, 3.05) is 6.61 Å². The standard InChI is InChI=1S/C12H16O4S/c13-9-6-16-12(11(15)10(9)14)17-7-8-4-2-1-3-5-8/h1-5,9-15H,6-7H2/t9-,10+,11-,12+/m1/s1. The van der Waals surface area contributed by atoms with Crippen LogP contribution in [0.5, 0.6) is 0 Å². The lowest BCUT2D eigenvalue weighted by Crippen LogP contribution is -2.51. The Bertz CT molecular complexity index is 346. The molecule has 1 fully saturated rings. The molecule has 0 saturated carbocycles. The van der Waals surface area contributed by atoms with Gasteiger partial charge in [-0.15, -0.1) is 11.8 Å². The predicted octanol–water partition coefficient (Wildman–Crippen LogP) is 0.359. The van der Waals surface area contributed by atoms with Crippen LogP contribution in [0, 0.1) is 0 Å². The highest BCUT2D eigenvalue weighted by molar-refractivity contribution is 7.99. The highest BCUT2D eigenvalue weighted by atomic mass is 32.2. The number of hydrogen-bond acceptors (Lipinski definition) is 5. The van der Waals surface area contributed by atoms with E-state index in [0.29, 0.717) is 5.75 Å². The number of ether oxygens (including phenoxy) is 1. The molecule has 0 amide bonds. The van der Waals surface area contributed by atoms with Gasteiger partial charge in [0.2, 0.25) is 0 Å². The lowest BCUT2D eigenvalue weighted by Gasteiger charge is -2.34. The molecule has 0 radical (unpaired) electrons. The van der Waals surface area contributed by atoms with Crippen LogP contribution in [0.25, 0.3) is 0 Å². The molecule has 1 aliphatic rings. The van der Waals surface area contributed by atoms with E-state index in [1.807, 2.05) is 30.3 Å². The van der Waals surface area contributed by atoms with E-state index in [2.05, 4.69) is 0 Å². The van der Waals surface area contributed by atoms with Crippen molar-refractivity contribution in [2.45, 2.75) is 29.5 Å². The van der Waals surface area contributed by atoms with E-state index in [0.717, 1.165) is 5.56 Å². The molecular formula is C12H16O4S. The minimum absolute atomic E-state index is 0.0602. The number of aliphatic hydroxyl groups excluding tert-OH is 3. The van der Waals surface area contributed by atoms with Crippen molar-refractivity contribution in [1.29, 1.82) is 0 Å². The molecule has 94 valence electrons. The Morgan fingerprint density at radius 3 is 2.53 bits per heavy atom. The maximum atomic E-state index is 9.73. The van der Waals surface area contributed by atoms with Crippen LogP contribution in [0.4, 0.5) is 0 Å². The molecule has 5 heteroatoms. The summed E-state index contributed by atoms with van der Waals surface area (Å²) in [5, 5.41) is 28.6. The van der Waals surface area contributed by atoms with E-state index in [1.54, 1.807) is 0 Å². The average Bonchev–Trinajstić information content (AvgIpc) is 2.36. The lowest BCUT2D eigenvalue weighted by molar-refractivity contribution is -0.161. The van der Waals surface area contributed by atoms with Crippen LogP contribution in [0.1, 0.15) is 5.56 Å². The molecule has 4 nitrogen and oxygen atoms in total. The number of hydrogen-bond donors (Lipinski definition) is 3. The Hall–Kier alpha value is -0.590. The van der Waals surface area contributed by atoms with Crippen LogP contribution in [0.3, 0.4) is 0 Å². The summed E-state index contributed by atoms with van der Waals surface area (Å²) < 4.78 is 5.30. The normalized spacial score (nSPS) is 33.6. The highest BCUT2D eigenvalue weighted by Crippen LogP contribution is 2.27. The van der Waals surface area contributed by atoms with Crippen molar-refractivity contribution in [1.82, 2.24) is 0 Å². The first kappa shape index (κ1) is 12.9. The summed E-state index contributed by atoms with van der Waals surface area (Å²) in [6.45, 7) is 0.0602. The second kappa shape index (κ2) is 5.84. The van der Waals surface area contributed by atoms with Crippen molar-refractivity contribution in [2.24, 2.45) is 0 Å². The second-order valence-electron chi connectivity index (χ2n) is 4.05. The van der Waals surface area contributed by atoms with E-state index in [-0.39, 0.29) is 6.61 Å². The van der Waals surface area contributed by atoms with Gasteiger partial charge in [0.05, 0.1) is 6.61 Å². The molecule has 1 saturated heterocycles. The maximum absolute atomic E-state index is 9.73.